The number of likely N-dealkylation sites (tertiary alicyclic amines) is 1. The van der Waals surface area contributed by atoms with Gasteiger partial charge in [0.05, 0.1) is 18.7 Å². The van der Waals surface area contributed by atoms with Crippen molar-refractivity contribution in [3.8, 4) is 0 Å². The van der Waals surface area contributed by atoms with Gasteiger partial charge in [0, 0.05) is 26.1 Å². The number of aliphatic imine (C=N–C) groups is 1. The maximum atomic E-state index is 9.69. The van der Waals surface area contributed by atoms with E-state index in [9.17, 15) is 5.11 Å². The topological polar surface area (TPSA) is 39.1 Å². The Hall–Kier alpha value is -0.820. The van der Waals surface area contributed by atoms with Gasteiger partial charge in [-0.25, -0.2) is 4.99 Å². The molecule has 0 spiro atoms. The highest BCUT2D eigenvalue weighted by atomic mass is 127. The Morgan fingerprint density at radius 2 is 1.95 bits per heavy atom. The smallest absolute Gasteiger partial charge is 0.197 e. The maximum absolute atomic E-state index is 9.69. The van der Waals surface area contributed by atoms with Crippen molar-refractivity contribution in [3.63, 3.8) is 0 Å². The van der Waals surface area contributed by atoms with Crippen molar-refractivity contribution in [2.45, 2.75) is 24.9 Å². The summed E-state index contributed by atoms with van der Waals surface area (Å²) in [7, 11) is 2.08. The molecule has 0 aliphatic carbocycles. The summed E-state index contributed by atoms with van der Waals surface area (Å²) in [6.45, 7) is 4.23. The van der Waals surface area contributed by atoms with Gasteiger partial charge >= 0.3 is 0 Å². The van der Waals surface area contributed by atoms with Crippen LogP contribution in [0.2, 0.25) is 0 Å². The molecule has 0 bridgehead atoms. The van der Waals surface area contributed by atoms with Crippen LogP contribution in [0.1, 0.15) is 18.4 Å². The van der Waals surface area contributed by atoms with Crippen LogP contribution in [-0.4, -0.2) is 59.7 Å². The fourth-order valence-corrected chi connectivity index (χ4v) is 3.14. The second kappa shape index (κ2) is 6.30. The lowest BCUT2D eigenvalue weighted by Gasteiger charge is -2.49. The van der Waals surface area contributed by atoms with Gasteiger partial charge in [0.2, 0.25) is 0 Å². The normalized spacial score (nSPS) is 28.8. The highest BCUT2D eigenvalue weighted by molar-refractivity contribution is 14.0. The minimum atomic E-state index is 0. The molecule has 20 heavy (non-hydrogen) atoms. The molecule has 1 N–H and O–H groups in total. The lowest BCUT2D eigenvalue weighted by Crippen LogP contribution is -2.61. The summed E-state index contributed by atoms with van der Waals surface area (Å²) >= 11 is 0. The van der Waals surface area contributed by atoms with Crippen molar-refractivity contribution in [2.24, 2.45) is 4.99 Å². The number of benzene rings is 1. The van der Waals surface area contributed by atoms with Crippen LogP contribution in [0.5, 0.6) is 0 Å². The van der Waals surface area contributed by atoms with E-state index in [1.807, 2.05) is 6.07 Å². The summed E-state index contributed by atoms with van der Waals surface area (Å²) < 4.78 is 0. The monoisotopic (exact) mass is 387 g/mol. The van der Waals surface area contributed by atoms with Gasteiger partial charge in [-0.2, -0.15) is 0 Å². The molecule has 4 nitrogen and oxygen atoms in total. The first-order valence-electron chi connectivity index (χ1n) is 6.92. The number of likely N-dealkylation sites (N-methyl/N-ethyl adjacent to an activating group) is 1. The van der Waals surface area contributed by atoms with Crippen LogP contribution < -0.4 is 0 Å². The zero-order valence-corrected chi connectivity index (χ0v) is 14.3. The molecular formula is C15H22IN3O. The Morgan fingerprint density at radius 1 is 1.25 bits per heavy atom. The summed E-state index contributed by atoms with van der Waals surface area (Å²) in [5.74, 6) is 1.46. The molecule has 0 aromatic heterocycles. The quantitative estimate of drug-likeness (QED) is 0.787. The van der Waals surface area contributed by atoms with Crippen LogP contribution in [0.25, 0.3) is 0 Å². The van der Waals surface area contributed by atoms with Gasteiger partial charge in [-0.1, -0.05) is 30.3 Å². The fraction of sp³-hybridized carbons (Fsp3) is 0.533. The molecule has 0 amide bonds. The molecule has 5 heteroatoms. The van der Waals surface area contributed by atoms with E-state index in [1.165, 1.54) is 5.56 Å². The van der Waals surface area contributed by atoms with Gasteiger partial charge in [-0.15, -0.1) is 24.0 Å². The number of aliphatic hydroxyl groups excluding tert-OH is 1. The Kier molecular flexibility index (Phi) is 4.90. The van der Waals surface area contributed by atoms with Gasteiger partial charge in [-0.3, -0.25) is 0 Å². The summed E-state index contributed by atoms with van der Waals surface area (Å²) in [6, 6.07) is 11.0. The minimum absolute atomic E-state index is 0. The van der Waals surface area contributed by atoms with E-state index < -0.39 is 0 Å². The minimum Gasteiger partial charge on any atom is -0.394 e. The van der Waals surface area contributed by atoms with Crippen LogP contribution in [-0.2, 0) is 0 Å². The second-order valence-corrected chi connectivity index (χ2v) is 5.58. The Balaban J connectivity index is 0.00000147. The molecule has 2 aliphatic rings. The fourth-order valence-electron chi connectivity index (χ4n) is 3.14. The lowest BCUT2D eigenvalue weighted by molar-refractivity contribution is 0.0687. The first kappa shape index (κ1) is 15.6. The molecule has 1 unspecified atom stereocenters. The predicted octanol–water partition coefficient (Wildman–Crippen LogP) is 1.75. The average Bonchev–Trinajstić information content (AvgIpc) is 2.69. The number of halogens is 1. The molecule has 1 saturated heterocycles. The average molecular weight is 387 g/mol. The SMILES string of the molecule is CC1CN(C)C(N2C[C@H](c3ccccc3)[C@H]2CO)=N1.I. The van der Waals surface area contributed by atoms with Gasteiger partial charge in [0.1, 0.15) is 0 Å². The van der Waals surface area contributed by atoms with Crippen molar-refractivity contribution in [3.05, 3.63) is 35.9 Å². The molecule has 1 aromatic rings. The summed E-state index contributed by atoms with van der Waals surface area (Å²) in [6.07, 6.45) is 0. The van der Waals surface area contributed by atoms with E-state index in [2.05, 4.69) is 53.0 Å². The van der Waals surface area contributed by atoms with E-state index >= 15 is 0 Å². The third-order valence-electron chi connectivity index (χ3n) is 4.15. The molecule has 2 aliphatic heterocycles. The van der Waals surface area contributed by atoms with E-state index in [0.717, 1.165) is 19.0 Å². The molecule has 3 atom stereocenters. The van der Waals surface area contributed by atoms with Gasteiger partial charge in [0.15, 0.2) is 5.96 Å². The molecule has 110 valence electrons. The van der Waals surface area contributed by atoms with Gasteiger partial charge in [-0.05, 0) is 12.5 Å². The number of nitrogens with zero attached hydrogens (tertiary/aromatic N) is 3. The van der Waals surface area contributed by atoms with Crippen molar-refractivity contribution in [2.75, 3.05) is 26.7 Å². The Morgan fingerprint density at radius 3 is 2.50 bits per heavy atom. The summed E-state index contributed by atoms with van der Waals surface area (Å²) in [5.41, 5.74) is 1.31. The van der Waals surface area contributed by atoms with Crippen molar-refractivity contribution in [1.29, 1.82) is 0 Å². The number of rotatable bonds is 2. The lowest BCUT2D eigenvalue weighted by atomic mass is 9.83. The third-order valence-corrected chi connectivity index (χ3v) is 4.15. The molecule has 1 fully saturated rings. The standard InChI is InChI=1S/C15H21N3O.HI/c1-11-8-17(2)15(16-11)18-9-13(14(18)10-19)12-6-4-3-5-7-12;/h3-7,11,13-14,19H,8-10H2,1-2H3;1H/t11?,13-,14-;/m1./s1. The third kappa shape index (κ3) is 2.65. The van der Waals surface area contributed by atoms with Crippen LogP contribution in [0.15, 0.2) is 35.3 Å². The molecule has 0 saturated carbocycles. The molecule has 2 heterocycles. The predicted molar refractivity (Wildman–Crippen MR) is 91.7 cm³/mol. The van der Waals surface area contributed by atoms with E-state index in [4.69, 9.17) is 0 Å². The largest absolute Gasteiger partial charge is 0.394 e. The zero-order chi connectivity index (χ0) is 13.4. The number of aliphatic hydroxyl groups is 1. The first-order valence-corrected chi connectivity index (χ1v) is 6.92. The Bertz CT molecular complexity index is 479. The van der Waals surface area contributed by atoms with Crippen LogP contribution in [0.4, 0.5) is 0 Å². The number of guanidine groups is 1. The highest BCUT2D eigenvalue weighted by Crippen LogP contribution is 2.35. The van der Waals surface area contributed by atoms with E-state index in [-0.39, 0.29) is 36.6 Å². The zero-order valence-electron chi connectivity index (χ0n) is 11.9. The van der Waals surface area contributed by atoms with Crippen molar-refractivity contribution >= 4 is 29.9 Å². The molecular weight excluding hydrogens is 365 g/mol. The number of hydrogen-bond donors (Lipinski definition) is 1. The summed E-state index contributed by atoms with van der Waals surface area (Å²) in [5, 5.41) is 9.69. The summed E-state index contributed by atoms with van der Waals surface area (Å²) in [4.78, 5) is 9.10. The number of hydrogen-bond acceptors (Lipinski definition) is 4. The van der Waals surface area contributed by atoms with Gasteiger partial charge < -0.3 is 14.9 Å². The van der Waals surface area contributed by atoms with Gasteiger partial charge in [0.25, 0.3) is 0 Å². The van der Waals surface area contributed by atoms with Crippen LogP contribution in [0, 0.1) is 0 Å². The molecule has 3 rings (SSSR count). The highest BCUT2D eigenvalue weighted by Gasteiger charge is 2.43. The van der Waals surface area contributed by atoms with E-state index in [0.29, 0.717) is 12.0 Å². The van der Waals surface area contributed by atoms with Crippen LogP contribution >= 0.6 is 24.0 Å². The molecule has 1 aromatic carbocycles. The second-order valence-electron chi connectivity index (χ2n) is 5.58. The first-order chi connectivity index (χ1) is 9.20. The Labute approximate surface area is 137 Å². The molecule has 0 radical (unpaired) electrons. The van der Waals surface area contributed by atoms with Crippen LogP contribution in [0.3, 0.4) is 0 Å². The van der Waals surface area contributed by atoms with Crippen molar-refractivity contribution < 1.29 is 5.11 Å². The van der Waals surface area contributed by atoms with Crippen molar-refractivity contribution in [1.82, 2.24) is 9.80 Å². The maximum Gasteiger partial charge on any atom is 0.197 e. The van der Waals surface area contributed by atoms with E-state index in [1.54, 1.807) is 0 Å².